The highest BCUT2D eigenvalue weighted by atomic mass is 16.5. The number of aldehydes is 1. The summed E-state index contributed by atoms with van der Waals surface area (Å²) in [6.07, 6.45) is 0.707. The second-order valence-corrected chi connectivity index (χ2v) is 5.27. The molecule has 116 valence electrons. The lowest BCUT2D eigenvalue weighted by Crippen LogP contribution is -2.09. The van der Waals surface area contributed by atoms with Gasteiger partial charge < -0.3 is 4.74 Å². The molecule has 0 aliphatic carbocycles. The normalized spacial score (nSPS) is 10.5. The second kappa shape index (κ2) is 6.44. The van der Waals surface area contributed by atoms with Gasteiger partial charge in [0.05, 0.1) is 5.69 Å². The average molecular weight is 307 g/mol. The van der Waals surface area contributed by atoms with Crippen LogP contribution in [0.2, 0.25) is 0 Å². The Morgan fingerprint density at radius 3 is 2.61 bits per heavy atom. The topological polar surface area (TPSA) is 57.0 Å². The highest BCUT2D eigenvalue weighted by Crippen LogP contribution is 2.20. The van der Waals surface area contributed by atoms with Crippen molar-refractivity contribution in [2.75, 3.05) is 0 Å². The van der Waals surface area contributed by atoms with Crippen molar-refractivity contribution in [3.8, 4) is 11.4 Å². The average Bonchev–Trinajstić information content (AvgIpc) is 2.99. The number of aromatic nitrogens is 3. The molecule has 0 bridgehead atoms. The fraction of sp³-hybridized carbons (Fsp3) is 0.167. The molecule has 3 aromatic rings. The Hall–Kier alpha value is -2.95. The van der Waals surface area contributed by atoms with Gasteiger partial charge in [0.2, 0.25) is 0 Å². The molecule has 2 aromatic carbocycles. The smallest absolute Gasteiger partial charge is 0.172 e. The molecule has 0 N–H and O–H groups in total. The van der Waals surface area contributed by atoms with Gasteiger partial charge in [0.15, 0.2) is 12.0 Å². The molecule has 0 aliphatic rings. The van der Waals surface area contributed by atoms with E-state index in [0.717, 1.165) is 22.6 Å². The first kappa shape index (κ1) is 15.0. The quantitative estimate of drug-likeness (QED) is 0.679. The number of ether oxygens (including phenoxy) is 1. The van der Waals surface area contributed by atoms with Crippen molar-refractivity contribution in [1.82, 2.24) is 15.0 Å². The minimum absolute atomic E-state index is 0.221. The van der Waals surface area contributed by atoms with E-state index in [0.29, 0.717) is 17.7 Å². The number of carbonyl (C=O) groups excluding carboxylic acids is 1. The molecule has 0 radical (unpaired) electrons. The van der Waals surface area contributed by atoms with Crippen molar-refractivity contribution < 1.29 is 9.53 Å². The minimum Gasteiger partial charge on any atom is -0.487 e. The Balaban J connectivity index is 1.97. The number of rotatable bonds is 5. The van der Waals surface area contributed by atoms with Crippen LogP contribution in [0.4, 0.5) is 0 Å². The van der Waals surface area contributed by atoms with Crippen molar-refractivity contribution >= 4 is 6.29 Å². The summed E-state index contributed by atoms with van der Waals surface area (Å²) >= 11 is 0. The van der Waals surface area contributed by atoms with Gasteiger partial charge in [0.25, 0.3) is 0 Å². The molecule has 5 heteroatoms. The minimum atomic E-state index is 0.221. The van der Waals surface area contributed by atoms with E-state index in [2.05, 4.69) is 10.3 Å². The monoisotopic (exact) mass is 307 g/mol. The summed E-state index contributed by atoms with van der Waals surface area (Å²) in [5.41, 5.74) is 4.08. The molecule has 0 aliphatic heterocycles. The molecule has 3 rings (SSSR count). The van der Waals surface area contributed by atoms with Crippen LogP contribution in [0.25, 0.3) is 5.69 Å². The summed E-state index contributed by atoms with van der Waals surface area (Å²) in [5.74, 6) is 0.734. The molecule has 0 amide bonds. The van der Waals surface area contributed by atoms with Crippen LogP contribution >= 0.6 is 0 Å². The Labute approximate surface area is 134 Å². The van der Waals surface area contributed by atoms with E-state index in [4.69, 9.17) is 4.74 Å². The number of para-hydroxylation sites is 1. The third kappa shape index (κ3) is 2.99. The molecule has 1 aromatic heterocycles. The van der Waals surface area contributed by atoms with E-state index < -0.39 is 0 Å². The van der Waals surface area contributed by atoms with Gasteiger partial charge in [-0.1, -0.05) is 35.5 Å². The predicted molar refractivity (Wildman–Crippen MR) is 87.0 cm³/mol. The number of hydrogen-bond donors (Lipinski definition) is 0. The van der Waals surface area contributed by atoms with Gasteiger partial charge in [-0.05, 0) is 43.2 Å². The first-order chi connectivity index (χ1) is 11.2. The zero-order valence-electron chi connectivity index (χ0n) is 13.1. The van der Waals surface area contributed by atoms with Crippen LogP contribution in [0.5, 0.6) is 5.75 Å². The van der Waals surface area contributed by atoms with Gasteiger partial charge in [-0.15, -0.1) is 5.10 Å². The van der Waals surface area contributed by atoms with Crippen LogP contribution in [-0.2, 0) is 6.61 Å². The van der Waals surface area contributed by atoms with Gasteiger partial charge in [-0.25, -0.2) is 4.68 Å². The Kier molecular flexibility index (Phi) is 4.19. The number of benzene rings is 2. The van der Waals surface area contributed by atoms with E-state index in [1.165, 1.54) is 0 Å². The first-order valence-electron chi connectivity index (χ1n) is 7.35. The zero-order valence-corrected chi connectivity index (χ0v) is 13.1. The van der Waals surface area contributed by atoms with Crippen LogP contribution in [0.1, 0.15) is 27.3 Å². The lowest BCUT2D eigenvalue weighted by atomic mass is 10.1. The SMILES string of the molecule is Cc1cccc(-n2nnc(C=O)c2COc2ccccc2)c1C. The van der Waals surface area contributed by atoms with E-state index >= 15 is 0 Å². The standard InChI is InChI=1S/C18H17N3O2/c1-13-7-6-10-17(14(13)2)21-18(16(11-22)19-20-21)12-23-15-8-4-3-5-9-15/h3-11H,12H2,1-2H3. The lowest BCUT2D eigenvalue weighted by molar-refractivity contribution is 0.111. The first-order valence-corrected chi connectivity index (χ1v) is 7.35. The molecular weight excluding hydrogens is 290 g/mol. The van der Waals surface area contributed by atoms with Gasteiger partial charge in [-0.2, -0.15) is 0 Å². The van der Waals surface area contributed by atoms with Crippen LogP contribution in [-0.4, -0.2) is 21.3 Å². The molecule has 1 heterocycles. The molecular formula is C18H17N3O2. The molecule has 0 atom stereocenters. The van der Waals surface area contributed by atoms with E-state index in [1.54, 1.807) is 4.68 Å². The van der Waals surface area contributed by atoms with Crippen molar-refractivity contribution in [3.05, 3.63) is 71.0 Å². The van der Waals surface area contributed by atoms with Crippen molar-refractivity contribution in [1.29, 1.82) is 0 Å². The summed E-state index contributed by atoms with van der Waals surface area (Å²) in [4.78, 5) is 11.3. The molecule has 0 saturated heterocycles. The third-order valence-corrected chi connectivity index (χ3v) is 3.83. The maximum atomic E-state index is 11.3. The van der Waals surface area contributed by atoms with Gasteiger partial charge in [-0.3, -0.25) is 4.79 Å². The van der Waals surface area contributed by atoms with Gasteiger partial charge in [0.1, 0.15) is 18.1 Å². The lowest BCUT2D eigenvalue weighted by Gasteiger charge is -2.12. The van der Waals surface area contributed by atoms with E-state index in [1.807, 2.05) is 62.4 Å². The predicted octanol–water partition coefficient (Wildman–Crippen LogP) is 3.28. The van der Waals surface area contributed by atoms with Crippen LogP contribution in [0.3, 0.4) is 0 Å². The van der Waals surface area contributed by atoms with Crippen molar-refractivity contribution in [2.45, 2.75) is 20.5 Å². The summed E-state index contributed by atoms with van der Waals surface area (Å²) in [6.45, 7) is 4.28. The van der Waals surface area contributed by atoms with Gasteiger partial charge >= 0.3 is 0 Å². The second-order valence-electron chi connectivity index (χ2n) is 5.27. The number of hydrogen-bond acceptors (Lipinski definition) is 4. The van der Waals surface area contributed by atoms with Crippen LogP contribution in [0, 0.1) is 13.8 Å². The largest absolute Gasteiger partial charge is 0.487 e. The third-order valence-electron chi connectivity index (χ3n) is 3.83. The fourth-order valence-corrected chi connectivity index (χ4v) is 2.37. The zero-order chi connectivity index (χ0) is 16.2. The van der Waals surface area contributed by atoms with E-state index in [9.17, 15) is 4.79 Å². The van der Waals surface area contributed by atoms with Crippen molar-refractivity contribution in [3.63, 3.8) is 0 Å². The molecule has 23 heavy (non-hydrogen) atoms. The summed E-state index contributed by atoms with van der Waals surface area (Å²) in [6, 6.07) is 15.4. The molecule has 0 fully saturated rings. The molecule has 5 nitrogen and oxygen atoms in total. The summed E-state index contributed by atoms with van der Waals surface area (Å²) in [5, 5.41) is 8.09. The number of nitrogens with zero attached hydrogens (tertiary/aromatic N) is 3. The Morgan fingerprint density at radius 1 is 1.09 bits per heavy atom. The summed E-state index contributed by atoms with van der Waals surface area (Å²) in [7, 11) is 0. The maximum Gasteiger partial charge on any atom is 0.172 e. The Bertz CT molecular complexity index is 826. The molecule has 0 spiro atoms. The molecule has 0 unspecified atom stereocenters. The van der Waals surface area contributed by atoms with Crippen LogP contribution in [0.15, 0.2) is 48.5 Å². The summed E-state index contributed by atoms with van der Waals surface area (Å²) < 4.78 is 7.44. The highest BCUT2D eigenvalue weighted by Gasteiger charge is 2.16. The maximum absolute atomic E-state index is 11.3. The fourth-order valence-electron chi connectivity index (χ4n) is 2.37. The van der Waals surface area contributed by atoms with Crippen LogP contribution < -0.4 is 4.74 Å². The highest BCUT2D eigenvalue weighted by molar-refractivity contribution is 5.73. The van der Waals surface area contributed by atoms with E-state index in [-0.39, 0.29) is 6.61 Å². The van der Waals surface area contributed by atoms with Gasteiger partial charge in [0, 0.05) is 0 Å². The Morgan fingerprint density at radius 2 is 1.87 bits per heavy atom. The van der Waals surface area contributed by atoms with Crippen molar-refractivity contribution in [2.24, 2.45) is 0 Å². The number of aryl methyl sites for hydroxylation is 1. The molecule has 0 saturated carbocycles. The number of carbonyl (C=O) groups is 1.